The molecule has 3 aromatic rings. The Labute approximate surface area is 175 Å². The number of nitrogens with zero attached hydrogens (tertiary/aromatic N) is 2. The second-order valence-corrected chi connectivity index (χ2v) is 8.11. The van der Waals surface area contributed by atoms with Gasteiger partial charge >= 0.3 is 0 Å². The highest BCUT2D eigenvalue weighted by Gasteiger charge is 2.19. The number of fused-ring (bicyclic) bond motifs is 1. The first kappa shape index (κ1) is 19.3. The summed E-state index contributed by atoms with van der Waals surface area (Å²) in [6.45, 7) is -0.0854. The van der Waals surface area contributed by atoms with Crippen molar-refractivity contribution < 1.29 is 14.3 Å². The fourth-order valence-electron chi connectivity index (χ4n) is 3.24. The number of H-pyrrole nitrogens is 1. The van der Waals surface area contributed by atoms with Crippen molar-refractivity contribution in [3.05, 3.63) is 50.4 Å². The molecule has 8 nitrogen and oxygen atoms in total. The molecule has 1 aliphatic rings. The van der Waals surface area contributed by atoms with Gasteiger partial charge in [0.15, 0.2) is 10.6 Å². The van der Waals surface area contributed by atoms with Crippen molar-refractivity contribution >= 4 is 35.4 Å². The molecule has 0 unspecified atom stereocenters. The van der Waals surface area contributed by atoms with Gasteiger partial charge in [0.2, 0.25) is 0 Å². The van der Waals surface area contributed by atoms with Crippen LogP contribution in [0.4, 0.5) is 0 Å². The highest BCUT2D eigenvalue weighted by Crippen LogP contribution is 2.30. The molecule has 4 rings (SSSR count). The van der Waals surface area contributed by atoms with Crippen LogP contribution in [0.2, 0.25) is 0 Å². The van der Waals surface area contributed by atoms with Crippen molar-refractivity contribution in [3.8, 4) is 17.1 Å². The number of hydrogen-bond acceptors (Lipinski definition) is 6. The maximum atomic E-state index is 12.4. The second kappa shape index (κ2) is 8.18. The minimum absolute atomic E-state index is 0.0854. The van der Waals surface area contributed by atoms with Crippen LogP contribution in [0.1, 0.15) is 26.5 Å². The van der Waals surface area contributed by atoms with Gasteiger partial charge in [0.25, 0.3) is 11.8 Å². The Morgan fingerprint density at radius 2 is 2.07 bits per heavy atom. The second-order valence-electron chi connectivity index (χ2n) is 6.58. The number of hydrogen-bond donors (Lipinski definition) is 3. The summed E-state index contributed by atoms with van der Waals surface area (Å²) in [6.07, 6.45) is 3.17. The highest BCUT2D eigenvalue weighted by molar-refractivity contribution is 7.71. The summed E-state index contributed by atoms with van der Waals surface area (Å²) >= 11 is 6.73. The summed E-state index contributed by atoms with van der Waals surface area (Å²) in [5, 5.41) is 6.91. The van der Waals surface area contributed by atoms with E-state index in [1.807, 2.05) is 18.2 Å². The summed E-state index contributed by atoms with van der Waals surface area (Å²) in [5.41, 5.74) is 6.94. The van der Waals surface area contributed by atoms with Crippen LogP contribution in [0.5, 0.6) is 5.75 Å². The lowest BCUT2D eigenvalue weighted by Crippen LogP contribution is -2.43. The Balaban J connectivity index is 1.41. The van der Waals surface area contributed by atoms with E-state index in [0.717, 1.165) is 30.6 Å². The van der Waals surface area contributed by atoms with Gasteiger partial charge in [0.05, 0.1) is 12.0 Å². The van der Waals surface area contributed by atoms with Gasteiger partial charge in [-0.25, -0.2) is 0 Å². The standard InChI is InChI=1S/C19H19N5O3S2/c1-27-13-7-5-11(6-8-13)17-21-23-19(28)24(17)10-16(25)20-22-18(26)15-9-12-3-2-4-14(12)29-15/h5-9H,2-4,10H2,1H3,(H,20,25)(H,22,26)(H,23,28). The molecule has 3 N–H and O–H groups in total. The lowest BCUT2D eigenvalue weighted by atomic mass is 10.2. The first-order valence-electron chi connectivity index (χ1n) is 9.05. The number of amides is 2. The molecule has 10 heteroatoms. The van der Waals surface area contributed by atoms with E-state index in [1.54, 1.807) is 23.8 Å². The third kappa shape index (κ3) is 4.08. The maximum absolute atomic E-state index is 12.4. The van der Waals surface area contributed by atoms with Crippen molar-refractivity contribution in [3.63, 3.8) is 0 Å². The van der Waals surface area contributed by atoms with Crippen molar-refractivity contribution in [2.45, 2.75) is 25.8 Å². The molecule has 150 valence electrons. The quantitative estimate of drug-likeness (QED) is 0.428. The zero-order chi connectivity index (χ0) is 20.4. The third-order valence-electron chi connectivity index (χ3n) is 4.69. The Morgan fingerprint density at radius 3 is 2.79 bits per heavy atom. The van der Waals surface area contributed by atoms with Crippen LogP contribution in [0, 0.1) is 4.77 Å². The largest absolute Gasteiger partial charge is 0.497 e. The summed E-state index contributed by atoms with van der Waals surface area (Å²) in [6, 6.07) is 9.17. The van der Waals surface area contributed by atoms with Crippen LogP contribution in [0.25, 0.3) is 11.4 Å². The highest BCUT2D eigenvalue weighted by atomic mass is 32.1. The summed E-state index contributed by atoms with van der Waals surface area (Å²) in [7, 11) is 1.59. The Bertz CT molecular complexity index is 1090. The average Bonchev–Trinajstić information content (AvgIpc) is 3.42. The molecule has 0 saturated carbocycles. The van der Waals surface area contributed by atoms with E-state index in [1.165, 1.54) is 21.8 Å². The van der Waals surface area contributed by atoms with Gasteiger partial charge in [-0.3, -0.25) is 30.1 Å². The number of carbonyl (C=O) groups excluding carboxylic acids is 2. The average molecular weight is 430 g/mol. The number of carbonyl (C=O) groups is 2. The molecule has 0 aliphatic heterocycles. The number of aromatic nitrogens is 3. The zero-order valence-corrected chi connectivity index (χ0v) is 17.3. The van der Waals surface area contributed by atoms with Gasteiger partial charge in [-0.1, -0.05) is 0 Å². The molecule has 2 amide bonds. The van der Waals surface area contributed by atoms with Gasteiger partial charge in [-0.2, -0.15) is 5.10 Å². The van der Waals surface area contributed by atoms with Crippen molar-refractivity contribution in [1.29, 1.82) is 0 Å². The molecule has 1 aliphatic carbocycles. The van der Waals surface area contributed by atoms with Crippen molar-refractivity contribution in [2.75, 3.05) is 7.11 Å². The predicted molar refractivity (Wildman–Crippen MR) is 111 cm³/mol. The van der Waals surface area contributed by atoms with Gasteiger partial charge in [-0.05, 0) is 67.4 Å². The number of thiophene rings is 1. The Hall–Kier alpha value is -2.98. The van der Waals surface area contributed by atoms with E-state index in [4.69, 9.17) is 17.0 Å². The molecular formula is C19H19N5O3S2. The number of methoxy groups -OCH3 is 1. The predicted octanol–water partition coefficient (Wildman–Crippen LogP) is 2.63. The monoisotopic (exact) mass is 429 g/mol. The molecule has 0 atom stereocenters. The van der Waals surface area contributed by atoms with Crippen LogP contribution in [0.3, 0.4) is 0 Å². The number of hydrazine groups is 1. The van der Waals surface area contributed by atoms with Gasteiger partial charge in [-0.15, -0.1) is 11.3 Å². The summed E-state index contributed by atoms with van der Waals surface area (Å²) < 4.78 is 7.04. The molecule has 0 radical (unpaired) electrons. The van der Waals surface area contributed by atoms with E-state index >= 15 is 0 Å². The summed E-state index contributed by atoms with van der Waals surface area (Å²) in [4.78, 5) is 26.5. The lowest BCUT2D eigenvalue weighted by molar-refractivity contribution is -0.122. The summed E-state index contributed by atoms with van der Waals surface area (Å²) in [5.74, 6) is 0.516. The third-order valence-corrected chi connectivity index (χ3v) is 6.24. The SMILES string of the molecule is COc1ccc(-c2n[nH]c(=S)n2CC(=O)NNC(=O)c2cc3c(s2)CCC3)cc1. The number of benzene rings is 1. The minimum atomic E-state index is -0.408. The Morgan fingerprint density at radius 1 is 1.28 bits per heavy atom. The van der Waals surface area contributed by atoms with Crippen LogP contribution < -0.4 is 15.6 Å². The molecule has 2 heterocycles. The van der Waals surface area contributed by atoms with E-state index < -0.39 is 5.91 Å². The van der Waals surface area contributed by atoms with E-state index in [-0.39, 0.29) is 12.5 Å². The number of aromatic amines is 1. The van der Waals surface area contributed by atoms with Crippen LogP contribution in [0.15, 0.2) is 30.3 Å². The van der Waals surface area contributed by atoms with Gasteiger partial charge in [0, 0.05) is 10.4 Å². The number of ether oxygens (including phenoxy) is 1. The minimum Gasteiger partial charge on any atom is -0.497 e. The van der Waals surface area contributed by atoms with Gasteiger partial charge in [0.1, 0.15) is 12.3 Å². The molecule has 0 spiro atoms. The molecular weight excluding hydrogens is 410 g/mol. The smallest absolute Gasteiger partial charge is 0.279 e. The molecule has 2 aromatic heterocycles. The van der Waals surface area contributed by atoms with Crippen LogP contribution in [-0.4, -0.2) is 33.7 Å². The normalized spacial score (nSPS) is 12.4. The van der Waals surface area contributed by atoms with Crippen molar-refractivity contribution in [1.82, 2.24) is 25.6 Å². The first-order valence-corrected chi connectivity index (χ1v) is 10.3. The fourth-order valence-corrected chi connectivity index (χ4v) is 4.58. The Kier molecular flexibility index (Phi) is 5.45. The van der Waals surface area contributed by atoms with Crippen LogP contribution in [-0.2, 0) is 24.2 Å². The topological polar surface area (TPSA) is 101 Å². The van der Waals surface area contributed by atoms with Crippen molar-refractivity contribution in [2.24, 2.45) is 0 Å². The maximum Gasteiger partial charge on any atom is 0.279 e. The molecule has 29 heavy (non-hydrogen) atoms. The van der Waals surface area contributed by atoms with E-state index in [2.05, 4.69) is 21.0 Å². The first-order chi connectivity index (χ1) is 14.0. The molecule has 0 fully saturated rings. The number of aryl methyl sites for hydroxylation is 2. The van der Waals surface area contributed by atoms with E-state index in [9.17, 15) is 9.59 Å². The van der Waals surface area contributed by atoms with E-state index in [0.29, 0.717) is 15.5 Å². The number of rotatable bonds is 5. The van der Waals surface area contributed by atoms with Gasteiger partial charge < -0.3 is 4.74 Å². The zero-order valence-electron chi connectivity index (χ0n) is 15.7. The lowest BCUT2D eigenvalue weighted by Gasteiger charge is -2.09. The molecule has 1 aromatic carbocycles. The molecule has 0 bridgehead atoms. The fraction of sp³-hybridized carbons (Fsp3) is 0.263. The number of nitrogens with one attached hydrogen (secondary N) is 3. The molecule has 0 saturated heterocycles. The van der Waals surface area contributed by atoms with Crippen LogP contribution >= 0.6 is 23.6 Å².